The number of carbonyl (C=O) groups is 3. The van der Waals surface area contributed by atoms with E-state index in [9.17, 15) is 19.5 Å². The lowest BCUT2D eigenvalue weighted by Gasteiger charge is -2.46. The number of nitrogens with zero attached hydrogens (tertiary/aromatic N) is 1. The van der Waals surface area contributed by atoms with E-state index in [1.807, 2.05) is 0 Å². The van der Waals surface area contributed by atoms with Gasteiger partial charge in [0.05, 0.1) is 18.5 Å². The number of hydrogen-bond donors (Lipinski definition) is 2. The number of carboxylic acids is 1. The number of ether oxygens (including phenoxy) is 1. The molecule has 170 valence electrons. The molecule has 4 atom stereocenters. The molecule has 1 heterocycles. The highest BCUT2D eigenvalue weighted by molar-refractivity contribution is 6.30. The number of aliphatic carboxylic acids is 1. The molecule has 1 saturated heterocycles. The van der Waals surface area contributed by atoms with E-state index in [-0.39, 0.29) is 0 Å². The average molecular weight is 479 g/mol. The zero-order valence-corrected chi connectivity index (χ0v) is 18.7. The number of benzene rings is 2. The Morgan fingerprint density at radius 2 is 1.88 bits per heavy atom. The van der Waals surface area contributed by atoms with Crippen LogP contribution in [-0.4, -0.2) is 46.9 Å². The summed E-state index contributed by atoms with van der Waals surface area (Å²) in [6.45, 7) is 0.352. The van der Waals surface area contributed by atoms with Crippen LogP contribution in [0.2, 0.25) is 10.0 Å². The summed E-state index contributed by atoms with van der Waals surface area (Å²) in [5.41, 5.74) is 6.99. The number of hydrogen-bond acceptors (Lipinski definition) is 5. The third-order valence-corrected chi connectivity index (χ3v) is 5.88. The molecular weight excluding hydrogens is 455 g/mol. The minimum absolute atomic E-state index is 0.345. The fourth-order valence-corrected chi connectivity index (χ4v) is 4.29. The lowest BCUT2D eigenvalue weighted by molar-refractivity contribution is -0.183. The summed E-state index contributed by atoms with van der Waals surface area (Å²) in [7, 11) is 0. The van der Waals surface area contributed by atoms with Crippen LogP contribution in [0.1, 0.15) is 42.5 Å². The standard InChI is InChI=1S/C23H24Cl2N2O5/c24-16-8-6-14(7-9-16)21-22(15-3-1-4-17(25)11-15)32-19(12-20(29)30)23(31)27(21)18(13-28)5-2-10-26/h1,3-4,6-9,11,13,18-19,21-22H,2,5,10,12,26H2,(H,29,30)/t18-,19+,21-,22+/m0/s1. The van der Waals surface area contributed by atoms with E-state index in [1.165, 1.54) is 4.90 Å². The molecule has 1 fully saturated rings. The summed E-state index contributed by atoms with van der Waals surface area (Å²) >= 11 is 12.3. The highest BCUT2D eigenvalue weighted by Crippen LogP contribution is 2.44. The largest absolute Gasteiger partial charge is 0.481 e. The lowest BCUT2D eigenvalue weighted by Crippen LogP contribution is -2.55. The second kappa shape index (κ2) is 10.9. The van der Waals surface area contributed by atoms with E-state index < -0.39 is 42.6 Å². The molecule has 7 nitrogen and oxygen atoms in total. The first-order valence-corrected chi connectivity index (χ1v) is 11.0. The molecule has 0 spiro atoms. The Balaban J connectivity index is 2.16. The highest BCUT2D eigenvalue weighted by Gasteiger charge is 2.47. The Hall–Kier alpha value is -2.45. The first-order valence-electron chi connectivity index (χ1n) is 10.2. The van der Waals surface area contributed by atoms with E-state index in [2.05, 4.69) is 0 Å². The molecule has 0 bridgehead atoms. The number of aldehydes is 1. The molecule has 3 N–H and O–H groups in total. The maximum Gasteiger partial charge on any atom is 0.306 e. The van der Waals surface area contributed by atoms with Crippen LogP contribution in [0.4, 0.5) is 0 Å². The topological polar surface area (TPSA) is 110 Å². The van der Waals surface area contributed by atoms with Crippen LogP contribution in [-0.2, 0) is 19.1 Å². The molecule has 3 rings (SSSR count). The lowest BCUT2D eigenvalue weighted by atomic mass is 9.89. The van der Waals surface area contributed by atoms with E-state index in [0.29, 0.717) is 46.8 Å². The number of morpholine rings is 1. The van der Waals surface area contributed by atoms with Crippen LogP contribution in [0.15, 0.2) is 48.5 Å². The van der Waals surface area contributed by atoms with Gasteiger partial charge in [-0.15, -0.1) is 0 Å². The third-order valence-electron chi connectivity index (χ3n) is 5.39. The second-order valence-corrected chi connectivity index (χ2v) is 8.45. The van der Waals surface area contributed by atoms with E-state index in [1.54, 1.807) is 48.5 Å². The average Bonchev–Trinajstić information content (AvgIpc) is 2.76. The normalized spacial score (nSPS) is 21.9. The summed E-state index contributed by atoms with van der Waals surface area (Å²) in [6, 6.07) is 12.4. The van der Waals surface area contributed by atoms with Gasteiger partial charge in [0.1, 0.15) is 18.5 Å². The zero-order chi connectivity index (χ0) is 23.3. The number of nitrogens with two attached hydrogens (primary N) is 1. The molecule has 1 aliphatic heterocycles. The van der Waals surface area contributed by atoms with Crippen molar-refractivity contribution in [1.82, 2.24) is 4.90 Å². The van der Waals surface area contributed by atoms with Gasteiger partial charge >= 0.3 is 5.97 Å². The van der Waals surface area contributed by atoms with Crippen LogP contribution < -0.4 is 5.73 Å². The number of rotatable bonds is 9. The van der Waals surface area contributed by atoms with Crippen molar-refractivity contribution in [3.8, 4) is 0 Å². The van der Waals surface area contributed by atoms with Crippen LogP contribution >= 0.6 is 23.2 Å². The summed E-state index contributed by atoms with van der Waals surface area (Å²) in [6.07, 6.45) is -0.959. The van der Waals surface area contributed by atoms with Crippen molar-refractivity contribution in [2.75, 3.05) is 6.54 Å². The predicted octanol–water partition coefficient (Wildman–Crippen LogP) is 3.78. The fraction of sp³-hybridized carbons (Fsp3) is 0.348. The molecule has 0 aromatic heterocycles. The van der Waals surface area contributed by atoms with Crippen molar-refractivity contribution in [3.63, 3.8) is 0 Å². The number of carbonyl (C=O) groups excluding carboxylic acids is 2. The Kier molecular flexibility index (Phi) is 8.26. The molecule has 0 radical (unpaired) electrons. The number of carboxylic acid groups (broad SMARTS) is 1. The first kappa shape index (κ1) is 24.2. The third kappa shape index (κ3) is 5.48. The molecule has 2 aromatic carbocycles. The molecule has 1 amide bonds. The van der Waals surface area contributed by atoms with Crippen molar-refractivity contribution in [2.45, 2.75) is 43.6 Å². The van der Waals surface area contributed by atoms with Crippen molar-refractivity contribution in [3.05, 3.63) is 69.7 Å². The Morgan fingerprint density at radius 3 is 2.47 bits per heavy atom. The predicted molar refractivity (Wildman–Crippen MR) is 120 cm³/mol. The second-order valence-electron chi connectivity index (χ2n) is 7.57. The Morgan fingerprint density at radius 1 is 1.16 bits per heavy atom. The van der Waals surface area contributed by atoms with Gasteiger partial charge in [0.2, 0.25) is 0 Å². The Labute approximate surface area is 196 Å². The van der Waals surface area contributed by atoms with Crippen LogP contribution in [0.25, 0.3) is 0 Å². The Bertz CT molecular complexity index is 969. The molecular formula is C23H24Cl2N2O5. The summed E-state index contributed by atoms with van der Waals surface area (Å²) in [4.78, 5) is 38.4. The van der Waals surface area contributed by atoms with Crippen molar-refractivity contribution in [2.24, 2.45) is 5.73 Å². The molecule has 9 heteroatoms. The van der Waals surface area contributed by atoms with Crippen LogP contribution in [0.5, 0.6) is 0 Å². The minimum Gasteiger partial charge on any atom is -0.481 e. The first-order chi connectivity index (χ1) is 15.3. The smallest absolute Gasteiger partial charge is 0.306 e. The maximum atomic E-state index is 13.4. The van der Waals surface area contributed by atoms with Crippen LogP contribution in [0.3, 0.4) is 0 Å². The molecule has 0 unspecified atom stereocenters. The van der Waals surface area contributed by atoms with Gasteiger partial charge in [0, 0.05) is 10.0 Å². The van der Waals surface area contributed by atoms with E-state index in [0.717, 1.165) is 0 Å². The number of halogens is 2. The van der Waals surface area contributed by atoms with Gasteiger partial charge in [-0.3, -0.25) is 9.59 Å². The minimum atomic E-state index is -1.25. The quantitative estimate of drug-likeness (QED) is 0.530. The van der Waals surface area contributed by atoms with Gasteiger partial charge in [0.25, 0.3) is 5.91 Å². The maximum absolute atomic E-state index is 13.4. The zero-order valence-electron chi connectivity index (χ0n) is 17.2. The van der Waals surface area contributed by atoms with Gasteiger partial charge in [-0.25, -0.2) is 0 Å². The highest BCUT2D eigenvalue weighted by atomic mass is 35.5. The van der Waals surface area contributed by atoms with Crippen molar-refractivity contribution in [1.29, 1.82) is 0 Å². The molecule has 1 aliphatic rings. The van der Waals surface area contributed by atoms with Crippen molar-refractivity contribution < 1.29 is 24.2 Å². The van der Waals surface area contributed by atoms with Gasteiger partial charge in [-0.05, 0) is 54.8 Å². The summed E-state index contributed by atoms with van der Waals surface area (Å²) < 4.78 is 6.07. The SMILES string of the molecule is NCCC[C@@H](C=O)N1C(=O)[C@@H](CC(=O)O)O[C@H](c2cccc(Cl)c2)[C@@H]1c1ccc(Cl)cc1. The molecule has 0 saturated carbocycles. The van der Waals surface area contributed by atoms with Gasteiger partial charge < -0.3 is 25.3 Å². The number of amides is 1. The van der Waals surface area contributed by atoms with Gasteiger partial charge in [0.15, 0.2) is 0 Å². The van der Waals surface area contributed by atoms with Gasteiger partial charge in [-0.1, -0.05) is 47.5 Å². The van der Waals surface area contributed by atoms with Crippen LogP contribution in [0, 0.1) is 0 Å². The summed E-state index contributed by atoms with van der Waals surface area (Å²) in [5.74, 6) is -1.73. The van der Waals surface area contributed by atoms with E-state index in [4.69, 9.17) is 33.7 Å². The van der Waals surface area contributed by atoms with E-state index >= 15 is 0 Å². The molecule has 2 aromatic rings. The fourth-order valence-electron chi connectivity index (χ4n) is 3.96. The van der Waals surface area contributed by atoms with Crippen molar-refractivity contribution >= 4 is 41.4 Å². The van der Waals surface area contributed by atoms with Gasteiger partial charge in [-0.2, -0.15) is 0 Å². The molecule has 32 heavy (non-hydrogen) atoms. The monoisotopic (exact) mass is 478 g/mol. The molecule has 0 aliphatic carbocycles. The summed E-state index contributed by atoms with van der Waals surface area (Å²) in [5, 5.41) is 10.3.